The Morgan fingerprint density at radius 2 is 2.21 bits per heavy atom. The zero-order chi connectivity index (χ0) is 14.0. The van der Waals surface area contributed by atoms with E-state index in [4.69, 9.17) is 0 Å². The lowest BCUT2D eigenvalue weighted by Crippen LogP contribution is -2.39. The lowest BCUT2D eigenvalue weighted by atomic mass is 10.2. The minimum atomic E-state index is -0.345. The Morgan fingerprint density at radius 1 is 1.47 bits per heavy atom. The molecule has 6 heteroatoms. The first kappa shape index (κ1) is 14.5. The smallest absolute Gasteiger partial charge is 0.244 e. The predicted octanol–water partition coefficient (Wildman–Crippen LogP) is 1.22. The number of rotatable bonds is 5. The number of amides is 2. The molecule has 0 N–H and O–H groups in total. The van der Waals surface area contributed by atoms with Gasteiger partial charge >= 0.3 is 0 Å². The zero-order valence-electron chi connectivity index (χ0n) is 11.4. The van der Waals surface area contributed by atoms with Gasteiger partial charge in [-0.1, -0.05) is 18.9 Å². The van der Waals surface area contributed by atoms with Gasteiger partial charge in [-0.25, -0.2) is 4.31 Å². The van der Waals surface area contributed by atoms with Gasteiger partial charge in [0.05, 0.1) is 6.04 Å². The van der Waals surface area contributed by atoms with E-state index in [9.17, 15) is 14.4 Å². The fourth-order valence-electron chi connectivity index (χ4n) is 2.55. The van der Waals surface area contributed by atoms with Crippen LogP contribution in [0.5, 0.6) is 0 Å². The van der Waals surface area contributed by atoms with E-state index in [-0.39, 0.29) is 35.6 Å². The van der Waals surface area contributed by atoms with Crippen LogP contribution in [0, 0.1) is 0 Å². The van der Waals surface area contributed by atoms with Gasteiger partial charge in [0.2, 0.25) is 11.8 Å². The molecule has 0 radical (unpaired) electrons. The van der Waals surface area contributed by atoms with Crippen molar-refractivity contribution in [2.45, 2.75) is 56.9 Å². The number of hydrogen-bond acceptors (Lipinski definition) is 5. The van der Waals surface area contributed by atoms with Crippen LogP contribution in [0.1, 0.15) is 39.5 Å². The topological polar surface area (TPSA) is 57.7 Å². The lowest BCUT2D eigenvalue weighted by Gasteiger charge is -2.23. The Bertz CT molecular complexity index is 388. The highest BCUT2D eigenvalue weighted by atomic mass is 32.2. The summed E-state index contributed by atoms with van der Waals surface area (Å²) in [7, 11) is 0. The third-order valence-electron chi connectivity index (χ3n) is 3.84. The number of carbonyl (C=O) groups excluding carboxylic acids is 3. The fraction of sp³-hybridized carbons (Fsp3) is 0.769. The molecule has 0 aliphatic carbocycles. The molecule has 3 atom stereocenters. The van der Waals surface area contributed by atoms with Gasteiger partial charge in [0, 0.05) is 19.0 Å². The van der Waals surface area contributed by atoms with Gasteiger partial charge in [-0.15, -0.1) is 0 Å². The zero-order valence-corrected chi connectivity index (χ0v) is 12.2. The van der Waals surface area contributed by atoms with Gasteiger partial charge in [-0.05, 0) is 26.2 Å². The summed E-state index contributed by atoms with van der Waals surface area (Å²) in [6.45, 7) is 4.68. The summed E-state index contributed by atoms with van der Waals surface area (Å²) in [5, 5.41) is -0.345. The highest BCUT2D eigenvalue weighted by Gasteiger charge is 2.43. The summed E-state index contributed by atoms with van der Waals surface area (Å²) < 4.78 is 1.96. The van der Waals surface area contributed by atoms with Crippen LogP contribution in [0.2, 0.25) is 0 Å². The van der Waals surface area contributed by atoms with Crippen molar-refractivity contribution in [3.63, 3.8) is 0 Å². The van der Waals surface area contributed by atoms with Crippen LogP contribution in [-0.2, 0) is 14.4 Å². The number of nitrogens with zero attached hydrogens (tertiary/aromatic N) is 2. The minimum absolute atomic E-state index is 0.0361. The summed E-state index contributed by atoms with van der Waals surface area (Å²) in [5.74, 6) is -0.181. The standard InChI is InChI=1S/C13H20N2O3S/c1-3-9(2)15-12(17)7-11(13(15)18)19-14-6-4-5-10(14)8-16/h8-11H,3-7H2,1-2H3/t9?,10-,11?/m0/s1. The van der Waals surface area contributed by atoms with Gasteiger partial charge in [-0.2, -0.15) is 0 Å². The second-order valence-corrected chi connectivity index (χ2v) is 6.39. The molecule has 0 bridgehead atoms. The molecule has 2 saturated heterocycles. The van der Waals surface area contributed by atoms with Crippen LogP contribution in [0.25, 0.3) is 0 Å². The van der Waals surface area contributed by atoms with Gasteiger partial charge in [0.1, 0.15) is 11.5 Å². The Kier molecular flexibility index (Phi) is 4.62. The average molecular weight is 284 g/mol. The number of hydrogen-bond donors (Lipinski definition) is 0. The molecule has 2 amide bonds. The van der Waals surface area contributed by atoms with E-state index in [2.05, 4.69) is 0 Å². The molecule has 2 heterocycles. The van der Waals surface area contributed by atoms with Crippen LogP contribution in [0.15, 0.2) is 0 Å². The SMILES string of the molecule is CCC(C)N1C(=O)CC(SN2CCC[C@H]2C=O)C1=O. The van der Waals surface area contributed by atoms with Gasteiger partial charge in [-0.3, -0.25) is 14.5 Å². The molecular weight excluding hydrogens is 264 g/mol. The summed E-state index contributed by atoms with van der Waals surface area (Å²) in [4.78, 5) is 36.5. The van der Waals surface area contributed by atoms with Crippen molar-refractivity contribution in [1.82, 2.24) is 9.21 Å². The maximum atomic E-state index is 12.3. The van der Waals surface area contributed by atoms with E-state index >= 15 is 0 Å². The summed E-state index contributed by atoms with van der Waals surface area (Å²) in [5.41, 5.74) is 0. The molecule has 106 valence electrons. The van der Waals surface area contributed by atoms with Crippen LogP contribution in [0.3, 0.4) is 0 Å². The largest absolute Gasteiger partial charge is 0.302 e. The molecule has 2 aliphatic heterocycles. The maximum absolute atomic E-state index is 12.3. The normalized spacial score (nSPS) is 30.1. The first-order valence-electron chi connectivity index (χ1n) is 6.83. The summed E-state index contributed by atoms with van der Waals surface area (Å²) in [6, 6.07) is -0.142. The highest BCUT2D eigenvalue weighted by Crippen LogP contribution is 2.33. The first-order chi connectivity index (χ1) is 9.08. The average Bonchev–Trinajstić information content (AvgIpc) is 2.94. The highest BCUT2D eigenvalue weighted by molar-refractivity contribution is 7.98. The molecule has 2 fully saturated rings. The van der Waals surface area contributed by atoms with Crippen LogP contribution in [0.4, 0.5) is 0 Å². The van der Waals surface area contributed by atoms with E-state index in [0.29, 0.717) is 0 Å². The third kappa shape index (κ3) is 2.84. The summed E-state index contributed by atoms with van der Waals surface area (Å²) >= 11 is 1.38. The van der Waals surface area contributed by atoms with Crippen LogP contribution in [-0.4, -0.2) is 51.2 Å². The molecule has 2 aliphatic rings. The van der Waals surface area contributed by atoms with Crippen molar-refractivity contribution in [3.05, 3.63) is 0 Å². The maximum Gasteiger partial charge on any atom is 0.244 e. The first-order valence-corrected chi connectivity index (χ1v) is 7.66. The third-order valence-corrected chi connectivity index (χ3v) is 5.19. The number of carbonyl (C=O) groups is 3. The Hall–Kier alpha value is -0.880. The number of aldehydes is 1. The van der Waals surface area contributed by atoms with E-state index in [1.807, 2.05) is 18.2 Å². The van der Waals surface area contributed by atoms with E-state index in [0.717, 1.165) is 32.1 Å². The lowest BCUT2D eigenvalue weighted by molar-refractivity contribution is -0.140. The number of likely N-dealkylation sites (tertiary alicyclic amines) is 1. The molecule has 19 heavy (non-hydrogen) atoms. The molecule has 5 nitrogen and oxygen atoms in total. The molecule has 0 saturated carbocycles. The molecule has 2 rings (SSSR count). The molecule has 2 unspecified atom stereocenters. The van der Waals surface area contributed by atoms with Crippen molar-refractivity contribution in [1.29, 1.82) is 0 Å². The van der Waals surface area contributed by atoms with Gasteiger partial charge in [0.15, 0.2) is 0 Å². The quantitative estimate of drug-likeness (QED) is 0.432. The Morgan fingerprint density at radius 3 is 2.84 bits per heavy atom. The molecule has 0 aromatic rings. The van der Waals surface area contributed by atoms with Gasteiger partial charge in [0.25, 0.3) is 0 Å². The number of imide groups is 1. The minimum Gasteiger partial charge on any atom is -0.302 e. The van der Waals surface area contributed by atoms with Crippen LogP contribution < -0.4 is 0 Å². The van der Waals surface area contributed by atoms with E-state index in [1.165, 1.54) is 16.8 Å². The van der Waals surface area contributed by atoms with Crippen LogP contribution >= 0.6 is 11.9 Å². The van der Waals surface area contributed by atoms with E-state index in [1.54, 1.807) is 0 Å². The van der Waals surface area contributed by atoms with Crippen molar-refractivity contribution >= 4 is 30.0 Å². The predicted molar refractivity (Wildman–Crippen MR) is 73.4 cm³/mol. The Labute approximate surface area is 117 Å². The molecule has 0 aromatic carbocycles. The van der Waals surface area contributed by atoms with E-state index < -0.39 is 0 Å². The Balaban J connectivity index is 2.01. The molecule has 0 spiro atoms. The second kappa shape index (κ2) is 6.05. The van der Waals surface area contributed by atoms with Gasteiger partial charge < -0.3 is 4.79 Å². The fourth-order valence-corrected chi connectivity index (χ4v) is 3.84. The van der Waals surface area contributed by atoms with Crippen molar-refractivity contribution in [3.8, 4) is 0 Å². The van der Waals surface area contributed by atoms with Crippen molar-refractivity contribution in [2.24, 2.45) is 0 Å². The summed E-state index contributed by atoms with van der Waals surface area (Å²) in [6.07, 6.45) is 3.79. The van der Waals surface area contributed by atoms with Crippen molar-refractivity contribution in [2.75, 3.05) is 6.54 Å². The molecular formula is C13H20N2O3S. The monoisotopic (exact) mass is 284 g/mol. The molecule has 0 aromatic heterocycles. The second-order valence-electron chi connectivity index (χ2n) is 5.14. The van der Waals surface area contributed by atoms with Crippen molar-refractivity contribution < 1.29 is 14.4 Å².